The molecule has 0 unspecified atom stereocenters. The van der Waals surface area contributed by atoms with Crippen LogP contribution in [0.25, 0.3) is 5.95 Å². The molecule has 0 bridgehead atoms. The van der Waals surface area contributed by atoms with E-state index in [2.05, 4.69) is 34.6 Å². The van der Waals surface area contributed by atoms with Crippen molar-refractivity contribution < 1.29 is 0 Å². The lowest BCUT2D eigenvalue weighted by atomic mass is 9.96. The van der Waals surface area contributed by atoms with Crippen LogP contribution in [0.1, 0.15) is 53.9 Å². The predicted octanol–water partition coefficient (Wildman–Crippen LogP) is 3.61. The maximum atomic E-state index is 6.30. The van der Waals surface area contributed by atoms with Gasteiger partial charge in [0.25, 0.3) is 0 Å². The lowest BCUT2D eigenvalue weighted by Crippen LogP contribution is -2.18. The van der Waals surface area contributed by atoms with Gasteiger partial charge < -0.3 is 11.1 Å². The summed E-state index contributed by atoms with van der Waals surface area (Å²) in [6, 6.07) is 10.4. The van der Waals surface area contributed by atoms with Crippen LogP contribution in [-0.4, -0.2) is 19.5 Å². The highest BCUT2D eigenvalue weighted by atomic mass is 15.3. The Morgan fingerprint density at radius 2 is 1.61 bits per heavy atom. The highest BCUT2D eigenvalue weighted by Gasteiger charge is 2.24. The third kappa shape index (κ3) is 3.13. The number of nitrogens with zero attached hydrogens (tertiary/aromatic N) is 4. The molecule has 0 aliphatic heterocycles. The van der Waals surface area contributed by atoms with Gasteiger partial charge in [-0.25, -0.2) is 9.97 Å². The van der Waals surface area contributed by atoms with Crippen LogP contribution in [-0.2, 0) is 32.2 Å². The molecule has 6 nitrogen and oxygen atoms in total. The molecule has 2 heterocycles. The molecule has 1 aromatic carbocycles. The number of benzene rings is 1. The highest BCUT2D eigenvalue weighted by molar-refractivity contribution is 5.51. The van der Waals surface area contributed by atoms with Gasteiger partial charge in [-0.1, -0.05) is 30.3 Å². The molecular weight excluding hydrogens is 348 g/mol. The van der Waals surface area contributed by atoms with Gasteiger partial charge in [-0.05, 0) is 56.9 Å². The number of aryl methyl sites for hydroxylation is 2. The number of fused-ring (bicyclic) bond motifs is 2. The summed E-state index contributed by atoms with van der Waals surface area (Å²) in [5.41, 5.74) is 12.3. The molecule has 5 rings (SSSR count). The number of nitrogen functional groups attached to an aromatic ring is 1. The molecule has 0 atom stereocenters. The Morgan fingerprint density at radius 1 is 0.857 bits per heavy atom. The van der Waals surface area contributed by atoms with E-state index in [0.717, 1.165) is 49.4 Å². The number of hydrogen-bond donors (Lipinski definition) is 2. The van der Waals surface area contributed by atoms with E-state index in [-0.39, 0.29) is 0 Å². The normalized spacial score (nSPS) is 15.7. The first-order chi connectivity index (χ1) is 13.8. The number of anilines is 2. The van der Waals surface area contributed by atoms with Crippen LogP contribution in [0.3, 0.4) is 0 Å². The Morgan fingerprint density at radius 3 is 2.46 bits per heavy atom. The molecule has 0 spiro atoms. The van der Waals surface area contributed by atoms with Crippen molar-refractivity contribution in [2.75, 3.05) is 11.1 Å². The van der Waals surface area contributed by atoms with Gasteiger partial charge in [0.1, 0.15) is 5.82 Å². The second kappa shape index (κ2) is 7.26. The number of nitrogens with one attached hydrogen (secondary N) is 1. The van der Waals surface area contributed by atoms with Crippen molar-refractivity contribution in [3.63, 3.8) is 0 Å². The van der Waals surface area contributed by atoms with Crippen molar-refractivity contribution in [3.05, 3.63) is 58.5 Å². The van der Waals surface area contributed by atoms with Gasteiger partial charge in [0.05, 0.1) is 17.1 Å². The summed E-state index contributed by atoms with van der Waals surface area (Å²) in [6.45, 7) is 0.751. The van der Waals surface area contributed by atoms with Gasteiger partial charge >= 0.3 is 0 Å². The predicted molar refractivity (Wildman–Crippen MR) is 111 cm³/mol. The summed E-state index contributed by atoms with van der Waals surface area (Å²) >= 11 is 0. The van der Waals surface area contributed by atoms with Crippen molar-refractivity contribution in [3.8, 4) is 5.95 Å². The zero-order valence-corrected chi connectivity index (χ0v) is 16.1. The van der Waals surface area contributed by atoms with Crippen LogP contribution in [0, 0.1) is 0 Å². The van der Waals surface area contributed by atoms with Gasteiger partial charge in [0, 0.05) is 12.1 Å². The Labute approximate surface area is 165 Å². The number of hydrogen-bond acceptors (Lipinski definition) is 5. The van der Waals surface area contributed by atoms with E-state index in [9.17, 15) is 0 Å². The molecule has 2 aliphatic carbocycles. The first-order valence-electron chi connectivity index (χ1n) is 10.3. The molecular formula is C22H26N6. The second-order valence-corrected chi connectivity index (χ2v) is 7.75. The molecule has 2 aromatic heterocycles. The second-order valence-electron chi connectivity index (χ2n) is 7.75. The number of aromatic nitrogens is 4. The summed E-state index contributed by atoms with van der Waals surface area (Å²) in [6.07, 6.45) is 8.74. The summed E-state index contributed by atoms with van der Waals surface area (Å²) in [5.74, 6) is 2.13. The smallest absolute Gasteiger partial charge is 0.239 e. The minimum atomic E-state index is 0.511. The van der Waals surface area contributed by atoms with E-state index in [1.807, 2.05) is 10.6 Å². The molecule has 0 amide bonds. The van der Waals surface area contributed by atoms with Crippen molar-refractivity contribution in [2.45, 2.75) is 57.9 Å². The van der Waals surface area contributed by atoms with Crippen LogP contribution in [0.2, 0.25) is 0 Å². The van der Waals surface area contributed by atoms with Crippen molar-refractivity contribution in [1.82, 2.24) is 19.5 Å². The molecule has 6 heteroatoms. The molecule has 0 fully saturated rings. The van der Waals surface area contributed by atoms with E-state index in [1.165, 1.54) is 42.5 Å². The minimum absolute atomic E-state index is 0.511. The maximum Gasteiger partial charge on any atom is 0.239 e. The fourth-order valence-electron chi connectivity index (χ4n) is 4.39. The van der Waals surface area contributed by atoms with E-state index >= 15 is 0 Å². The summed E-state index contributed by atoms with van der Waals surface area (Å²) in [7, 11) is 0. The third-order valence-electron chi connectivity index (χ3n) is 5.83. The van der Waals surface area contributed by atoms with Crippen LogP contribution >= 0.6 is 0 Å². The monoisotopic (exact) mass is 374 g/mol. The van der Waals surface area contributed by atoms with Crippen LogP contribution in [0.4, 0.5) is 11.8 Å². The summed E-state index contributed by atoms with van der Waals surface area (Å²) < 4.78 is 1.98. The fraction of sp³-hybridized carbons (Fsp3) is 0.409. The Hall–Kier alpha value is -2.89. The van der Waals surface area contributed by atoms with Gasteiger partial charge in [-0.3, -0.25) is 4.57 Å². The topological polar surface area (TPSA) is 81.6 Å². The average Bonchev–Trinajstić information content (AvgIpc) is 3.08. The lowest BCUT2D eigenvalue weighted by molar-refractivity contribution is 0.641. The van der Waals surface area contributed by atoms with Crippen LogP contribution in [0.15, 0.2) is 30.3 Å². The maximum absolute atomic E-state index is 6.30. The number of nitrogens with two attached hydrogens (primary N) is 1. The lowest BCUT2D eigenvalue weighted by Gasteiger charge is -2.21. The molecule has 0 saturated carbocycles. The SMILES string of the molecule is Nc1nc2c(n1-c1nc3c(c(NCc4ccccc4)n1)CCCC3)CCCC2. The summed E-state index contributed by atoms with van der Waals surface area (Å²) in [4.78, 5) is 14.5. The highest BCUT2D eigenvalue weighted by Crippen LogP contribution is 2.30. The number of imidazole rings is 1. The van der Waals surface area contributed by atoms with Crippen molar-refractivity contribution >= 4 is 11.8 Å². The zero-order valence-electron chi connectivity index (χ0n) is 16.1. The van der Waals surface area contributed by atoms with E-state index in [0.29, 0.717) is 11.9 Å². The molecule has 3 N–H and O–H groups in total. The Balaban J connectivity index is 1.55. The number of rotatable bonds is 4. The van der Waals surface area contributed by atoms with Gasteiger partial charge in [0.15, 0.2) is 0 Å². The Kier molecular flexibility index (Phi) is 4.47. The van der Waals surface area contributed by atoms with Crippen molar-refractivity contribution in [2.24, 2.45) is 0 Å². The van der Waals surface area contributed by atoms with Crippen molar-refractivity contribution in [1.29, 1.82) is 0 Å². The van der Waals surface area contributed by atoms with Crippen LogP contribution < -0.4 is 11.1 Å². The van der Waals surface area contributed by atoms with E-state index < -0.39 is 0 Å². The standard InChI is InChI=1S/C22H26N6/c23-21-25-18-12-6-7-13-19(18)28(21)22-26-17-11-5-4-10-16(17)20(27-22)24-14-15-8-2-1-3-9-15/h1-3,8-9H,4-7,10-14H2,(H2,23,25)(H,24,26,27). The third-order valence-corrected chi connectivity index (χ3v) is 5.83. The Bertz CT molecular complexity index is 992. The summed E-state index contributed by atoms with van der Waals surface area (Å²) in [5, 5.41) is 3.57. The molecule has 0 saturated heterocycles. The molecule has 0 radical (unpaired) electrons. The first kappa shape index (κ1) is 17.2. The minimum Gasteiger partial charge on any atom is -0.369 e. The van der Waals surface area contributed by atoms with E-state index in [1.54, 1.807) is 0 Å². The quantitative estimate of drug-likeness (QED) is 0.729. The molecule has 28 heavy (non-hydrogen) atoms. The fourth-order valence-corrected chi connectivity index (χ4v) is 4.39. The van der Waals surface area contributed by atoms with Gasteiger partial charge in [0.2, 0.25) is 11.9 Å². The first-order valence-corrected chi connectivity index (χ1v) is 10.3. The van der Waals surface area contributed by atoms with Gasteiger partial charge in [-0.2, -0.15) is 4.98 Å². The average molecular weight is 374 g/mol. The molecule has 144 valence electrons. The van der Waals surface area contributed by atoms with E-state index in [4.69, 9.17) is 15.7 Å². The molecule has 3 aromatic rings. The zero-order chi connectivity index (χ0) is 18.9. The molecule has 2 aliphatic rings. The largest absolute Gasteiger partial charge is 0.369 e. The van der Waals surface area contributed by atoms with Gasteiger partial charge in [-0.15, -0.1) is 0 Å². The van der Waals surface area contributed by atoms with Crippen LogP contribution in [0.5, 0.6) is 0 Å².